The summed E-state index contributed by atoms with van der Waals surface area (Å²) in [6.45, 7) is 1.79. The SMILES string of the molecule is Cc1ncnc(-c2ccc(F)cc2)n1. The van der Waals surface area contributed by atoms with Crippen LogP contribution in [0.25, 0.3) is 11.4 Å². The van der Waals surface area contributed by atoms with Crippen molar-refractivity contribution < 1.29 is 4.39 Å². The first-order valence-electron chi connectivity index (χ1n) is 4.17. The molecule has 0 N–H and O–H groups in total. The van der Waals surface area contributed by atoms with Crippen molar-refractivity contribution in [1.82, 2.24) is 15.0 Å². The summed E-state index contributed by atoms with van der Waals surface area (Å²) in [5.41, 5.74) is 0.789. The van der Waals surface area contributed by atoms with Crippen LogP contribution in [-0.4, -0.2) is 15.0 Å². The molecule has 2 rings (SSSR count). The van der Waals surface area contributed by atoms with Gasteiger partial charge in [0, 0.05) is 5.56 Å². The van der Waals surface area contributed by atoms with Gasteiger partial charge in [-0.05, 0) is 31.2 Å². The van der Waals surface area contributed by atoms with E-state index in [0.29, 0.717) is 11.6 Å². The maximum atomic E-state index is 12.6. The molecule has 1 aromatic carbocycles. The second-order valence-electron chi connectivity index (χ2n) is 2.86. The van der Waals surface area contributed by atoms with Gasteiger partial charge < -0.3 is 0 Å². The highest BCUT2D eigenvalue weighted by atomic mass is 19.1. The first-order chi connectivity index (χ1) is 6.75. The molecule has 0 saturated heterocycles. The lowest BCUT2D eigenvalue weighted by molar-refractivity contribution is 0.628. The van der Waals surface area contributed by atoms with Crippen molar-refractivity contribution in [3.05, 3.63) is 42.2 Å². The summed E-state index contributed by atoms with van der Waals surface area (Å²) >= 11 is 0. The summed E-state index contributed by atoms with van der Waals surface area (Å²) in [6.07, 6.45) is 1.45. The number of aryl methyl sites for hydroxylation is 1. The lowest BCUT2D eigenvalue weighted by Gasteiger charge is -1.99. The molecule has 0 fully saturated rings. The van der Waals surface area contributed by atoms with E-state index in [-0.39, 0.29) is 5.82 Å². The van der Waals surface area contributed by atoms with Gasteiger partial charge in [0.05, 0.1) is 0 Å². The predicted octanol–water partition coefficient (Wildman–Crippen LogP) is 1.99. The van der Waals surface area contributed by atoms with Crippen LogP contribution in [0.3, 0.4) is 0 Å². The quantitative estimate of drug-likeness (QED) is 0.688. The molecule has 0 radical (unpaired) electrons. The molecule has 70 valence electrons. The topological polar surface area (TPSA) is 38.7 Å². The van der Waals surface area contributed by atoms with Gasteiger partial charge >= 0.3 is 0 Å². The first kappa shape index (κ1) is 8.74. The van der Waals surface area contributed by atoms with Crippen LogP contribution in [0.1, 0.15) is 5.82 Å². The average molecular weight is 189 g/mol. The summed E-state index contributed by atoms with van der Waals surface area (Å²) < 4.78 is 12.6. The van der Waals surface area contributed by atoms with E-state index in [0.717, 1.165) is 5.56 Å². The highest BCUT2D eigenvalue weighted by Crippen LogP contribution is 2.13. The summed E-state index contributed by atoms with van der Waals surface area (Å²) in [7, 11) is 0. The van der Waals surface area contributed by atoms with E-state index in [2.05, 4.69) is 15.0 Å². The minimum Gasteiger partial charge on any atom is -0.222 e. The Morgan fingerprint density at radius 1 is 1.07 bits per heavy atom. The van der Waals surface area contributed by atoms with Crippen molar-refractivity contribution >= 4 is 0 Å². The van der Waals surface area contributed by atoms with Gasteiger partial charge in [0.25, 0.3) is 0 Å². The van der Waals surface area contributed by atoms with Crippen molar-refractivity contribution in [2.24, 2.45) is 0 Å². The van der Waals surface area contributed by atoms with Crippen LogP contribution in [0.4, 0.5) is 4.39 Å². The number of rotatable bonds is 1. The van der Waals surface area contributed by atoms with E-state index in [1.54, 1.807) is 19.1 Å². The van der Waals surface area contributed by atoms with E-state index in [1.807, 2.05) is 0 Å². The Balaban J connectivity index is 2.44. The number of nitrogens with zero attached hydrogens (tertiary/aromatic N) is 3. The maximum absolute atomic E-state index is 12.6. The molecule has 0 spiro atoms. The Labute approximate surface area is 80.7 Å². The van der Waals surface area contributed by atoms with Gasteiger partial charge in [0.1, 0.15) is 18.0 Å². The van der Waals surface area contributed by atoms with E-state index < -0.39 is 0 Å². The zero-order chi connectivity index (χ0) is 9.97. The zero-order valence-corrected chi connectivity index (χ0v) is 7.61. The van der Waals surface area contributed by atoms with E-state index >= 15 is 0 Å². The van der Waals surface area contributed by atoms with Gasteiger partial charge in [-0.1, -0.05) is 0 Å². The third-order valence-electron chi connectivity index (χ3n) is 1.79. The Kier molecular flexibility index (Phi) is 2.18. The Morgan fingerprint density at radius 3 is 2.43 bits per heavy atom. The standard InChI is InChI=1S/C10H8FN3/c1-7-12-6-13-10(14-7)8-2-4-9(11)5-3-8/h2-6H,1H3. The van der Waals surface area contributed by atoms with Crippen molar-refractivity contribution in [2.75, 3.05) is 0 Å². The summed E-state index contributed by atoms with van der Waals surface area (Å²) in [5, 5.41) is 0. The van der Waals surface area contributed by atoms with Crippen LogP contribution in [-0.2, 0) is 0 Å². The summed E-state index contributed by atoms with van der Waals surface area (Å²) in [5.74, 6) is 0.955. The van der Waals surface area contributed by atoms with Crippen LogP contribution in [0, 0.1) is 12.7 Å². The van der Waals surface area contributed by atoms with Gasteiger partial charge in [0.2, 0.25) is 0 Å². The number of hydrogen-bond acceptors (Lipinski definition) is 3. The molecule has 0 unspecified atom stereocenters. The molecule has 0 bridgehead atoms. The van der Waals surface area contributed by atoms with Gasteiger partial charge in [-0.2, -0.15) is 0 Å². The number of benzene rings is 1. The van der Waals surface area contributed by atoms with Gasteiger partial charge in [-0.25, -0.2) is 19.3 Å². The lowest BCUT2D eigenvalue weighted by atomic mass is 10.2. The van der Waals surface area contributed by atoms with Crippen molar-refractivity contribution in [2.45, 2.75) is 6.92 Å². The molecule has 1 aromatic heterocycles. The molecule has 14 heavy (non-hydrogen) atoms. The molecule has 3 nitrogen and oxygen atoms in total. The summed E-state index contributed by atoms with van der Waals surface area (Å²) in [4.78, 5) is 12.0. The fraction of sp³-hybridized carbons (Fsp3) is 0.100. The van der Waals surface area contributed by atoms with E-state index in [9.17, 15) is 4.39 Å². The molecule has 2 aromatic rings. The van der Waals surface area contributed by atoms with Crippen LogP contribution in [0.15, 0.2) is 30.6 Å². The molecule has 0 aliphatic rings. The van der Waals surface area contributed by atoms with Gasteiger partial charge in [-0.3, -0.25) is 0 Å². The molecule has 0 amide bonds. The van der Waals surface area contributed by atoms with E-state index in [1.165, 1.54) is 18.5 Å². The smallest absolute Gasteiger partial charge is 0.162 e. The third-order valence-corrected chi connectivity index (χ3v) is 1.79. The largest absolute Gasteiger partial charge is 0.222 e. The number of aromatic nitrogens is 3. The van der Waals surface area contributed by atoms with Crippen LogP contribution < -0.4 is 0 Å². The summed E-state index contributed by atoms with van der Waals surface area (Å²) in [6, 6.07) is 6.05. The molecule has 0 aliphatic carbocycles. The average Bonchev–Trinajstić information content (AvgIpc) is 2.19. The van der Waals surface area contributed by atoms with Crippen molar-refractivity contribution in [1.29, 1.82) is 0 Å². The van der Waals surface area contributed by atoms with Crippen molar-refractivity contribution in [3.63, 3.8) is 0 Å². The minimum atomic E-state index is -0.264. The Hall–Kier alpha value is -1.84. The molecular formula is C10H8FN3. The number of halogens is 1. The molecule has 1 heterocycles. The van der Waals surface area contributed by atoms with Gasteiger partial charge in [0.15, 0.2) is 5.82 Å². The first-order valence-corrected chi connectivity index (χ1v) is 4.17. The van der Waals surface area contributed by atoms with Gasteiger partial charge in [-0.15, -0.1) is 0 Å². The number of hydrogen-bond donors (Lipinski definition) is 0. The van der Waals surface area contributed by atoms with E-state index in [4.69, 9.17) is 0 Å². The molecule has 0 atom stereocenters. The highest BCUT2D eigenvalue weighted by molar-refractivity contribution is 5.53. The molecule has 0 saturated carbocycles. The normalized spacial score (nSPS) is 10.1. The Morgan fingerprint density at radius 2 is 1.79 bits per heavy atom. The fourth-order valence-corrected chi connectivity index (χ4v) is 1.12. The van der Waals surface area contributed by atoms with Crippen LogP contribution in [0.5, 0.6) is 0 Å². The molecule has 4 heteroatoms. The third kappa shape index (κ3) is 1.74. The molecular weight excluding hydrogens is 181 g/mol. The highest BCUT2D eigenvalue weighted by Gasteiger charge is 2.00. The van der Waals surface area contributed by atoms with Crippen LogP contribution in [0.2, 0.25) is 0 Å². The zero-order valence-electron chi connectivity index (χ0n) is 7.61. The lowest BCUT2D eigenvalue weighted by Crippen LogP contribution is -1.93. The van der Waals surface area contributed by atoms with Crippen LogP contribution >= 0.6 is 0 Å². The maximum Gasteiger partial charge on any atom is 0.162 e. The van der Waals surface area contributed by atoms with Crippen molar-refractivity contribution in [3.8, 4) is 11.4 Å². The fourth-order valence-electron chi connectivity index (χ4n) is 1.12. The predicted molar refractivity (Wildman–Crippen MR) is 50.0 cm³/mol. The monoisotopic (exact) mass is 189 g/mol. The second-order valence-corrected chi connectivity index (χ2v) is 2.86. The minimum absolute atomic E-state index is 0.264. The Bertz CT molecular complexity index is 439. The molecule has 0 aliphatic heterocycles. The second kappa shape index (κ2) is 3.49.